The van der Waals surface area contributed by atoms with Crippen LogP contribution in [0.2, 0.25) is 13.1 Å². The summed E-state index contributed by atoms with van der Waals surface area (Å²) in [6, 6.07) is 0. The van der Waals surface area contributed by atoms with Crippen LogP contribution in [0.15, 0.2) is 35.5 Å². The Kier molecular flexibility index (Phi) is 34.0. The second-order valence-corrected chi connectivity index (χ2v) is 4.73. The summed E-state index contributed by atoms with van der Waals surface area (Å²) in [6.07, 6.45) is 16.5. The van der Waals surface area contributed by atoms with Gasteiger partial charge in [0.2, 0.25) is 0 Å². The number of rotatable bonds is 0. The molecule has 1 N–H and O–H groups in total. The van der Waals surface area contributed by atoms with Gasteiger partial charge in [0.1, 0.15) is 0 Å². The molecule has 0 saturated carbocycles. The van der Waals surface area contributed by atoms with Gasteiger partial charge in [-0.1, -0.05) is 13.1 Å². The van der Waals surface area contributed by atoms with Crippen LogP contribution in [0.4, 0.5) is 0 Å². The minimum absolute atomic E-state index is 0. The number of allylic oxidation sites excluding steroid dienone is 8. The maximum atomic E-state index is 7.00. The standard InChI is InChI=1S/2C6H7.C2H7Si.CH4O.ClH.Zr/c2*1-6-4-2-3-5-6;1-3-2;1-2;;/h2*4-5H,2H2,1H3;3H,1-2H3;2H,1H3;1H;/q2*-1;;;;+3/p-1. The summed E-state index contributed by atoms with van der Waals surface area (Å²) in [5.41, 5.74) is 2.69. The molecule has 106 valence electrons. The van der Waals surface area contributed by atoms with Crippen LogP contribution in [0, 0.1) is 12.2 Å². The summed E-state index contributed by atoms with van der Waals surface area (Å²) >= 11 is 0. The Morgan fingerprint density at radius 1 is 0.947 bits per heavy atom. The van der Waals surface area contributed by atoms with Gasteiger partial charge in [0.05, 0.1) is 0 Å². The number of hydrogen-bond acceptors (Lipinski definition) is 1. The van der Waals surface area contributed by atoms with Gasteiger partial charge in [0.15, 0.2) is 0 Å². The normalized spacial score (nSPS) is 12.9. The van der Waals surface area contributed by atoms with Crippen molar-refractivity contribution in [2.24, 2.45) is 0 Å². The Morgan fingerprint density at radius 3 is 1.26 bits per heavy atom. The molecular formula is C15H25ClOSiZr. The van der Waals surface area contributed by atoms with E-state index in [0.717, 1.165) is 29.5 Å². The van der Waals surface area contributed by atoms with Crippen LogP contribution in [0.3, 0.4) is 0 Å². The van der Waals surface area contributed by atoms with Gasteiger partial charge in [0.25, 0.3) is 0 Å². The van der Waals surface area contributed by atoms with E-state index in [1.807, 2.05) is 12.2 Å². The van der Waals surface area contributed by atoms with Crippen molar-refractivity contribution in [1.29, 1.82) is 0 Å². The second kappa shape index (κ2) is 23.4. The molecule has 2 radical (unpaired) electrons. The van der Waals surface area contributed by atoms with Gasteiger partial charge >= 0.3 is 26.2 Å². The van der Waals surface area contributed by atoms with Crippen molar-refractivity contribution in [1.82, 2.24) is 0 Å². The first-order valence-electron chi connectivity index (χ1n) is 5.86. The molecule has 19 heavy (non-hydrogen) atoms. The minimum atomic E-state index is 0. The van der Waals surface area contributed by atoms with Gasteiger partial charge in [-0.25, -0.2) is 23.3 Å². The molecule has 2 aliphatic carbocycles. The molecule has 1 nitrogen and oxygen atoms in total. The second-order valence-electron chi connectivity index (χ2n) is 3.58. The Bertz CT molecular complexity index is 250. The van der Waals surface area contributed by atoms with E-state index in [4.69, 9.17) is 5.11 Å². The van der Waals surface area contributed by atoms with Crippen LogP contribution in [0.25, 0.3) is 0 Å². The fourth-order valence-electron chi connectivity index (χ4n) is 0.998. The van der Waals surface area contributed by atoms with Crippen molar-refractivity contribution in [3.05, 3.63) is 47.6 Å². The van der Waals surface area contributed by atoms with Gasteiger partial charge in [-0.05, 0) is 0 Å². The number of hydrogen-bond donors (Lipinski definition) is 1. The van der Waals surface area contributed by atoms with Gasteiger partial charge in [-0.3, -0.25) is 12.2 Å². The number of aliphatic hydroxyl groups excluding tert-OH is 1. The zero-order valence-electron chi connectivity index (χ0n) is 12.6. The van der Waals surface area contributed by atoms with E-state index in [1.54, 1.807) is 0 Å². The van der Waals surface area contributed by atoms with Crippen LogP contribution < -0.4 is 12.4 Å². The van der Waals surface area contributed by atoms with Gasteiger partial charge in [-0.15, -0.1) is 26.7 Å². The molecule has 0 heterocycles. The minimum Gasteiger partial charge on any atom is -1.00 e. The molecule has 0 saturated heterocycles. The van der Waals surface area contributed by atoms with Crippen molar-refractivity contribution in [2.45, 2.75) is 39.8 Å². The Hall–Kier alpha value is 0.310. The molecular weight excluding hydrogens is 351 g/mol. The quantitative estimate of drug-likeness (QED) is 0.483. The first-order valence-corrected chi connectivity index (χ1v) is 8.17. The Labute approximate surface area is 147 Å². The predicted octanol–water partition coefficient (Wildman–Crippen LogP) is 0.521. The van der Waals surface area contributed by atoms with E-state index >= 15 is 0 Å². The predicted molar refractivity (Wildman–Crippen MR) is 79.4 cm³/mol. The maximum Gasteiger partial charge on any atom is 3.00 e. The smallest absolute Gasteiger partial charge is 1.00 e. The molecule has 0 amide bonds. The summed E-state index contributed by atoms with van der Waals surface area (Å²) in [5, 5.41) is 7.00. The van der Waals surface area contributed by atoms with Gasteiger partial charge < -0.3 is 17.5 Å². The zero-order chi connectivity index (χ0) is 13.5. The van der Waals surface area contributed by atoms with Crippen molar-refractivity contribution in [2.75, 3.05) is 7.11 Å². The molecule has 2 rings (SSSR count). The third kappa shape index (κ3) is 23.8. The Morgan fingerprint density at radius 2 is 1.21 bits per heavy atom. The van der Waals surface area contributed by atoms with E-state index in [0.29, 0.717) is 0 Å². The van der Waals surface area contributed by atoms with Gasteiger partial charge in [-0.2, -0.15) is 12.2 Å². The molecule has 0 unspecified atom stereocenters. The van der Waals surface area contributed by atoms with E-state index in [9.17, 15) is 0 Å². The molecule has 0 fully saturated rings. The SMILES string of the molecule is CC1=CC[C-]=C1.CC1=CC[C-]=C1.CO.C[SiH]C.[Cl-].[Zr+3]. The van der Waals surface area contributed by atoms with Crippen molar-refractivity contribution in [3.63, 3.8) is 0 Å². The van der Waals surface area contributed by atoms with Crippen molar-refractivity contribution in [3.8, 4) is 0 Å². The molecule has 0 aromatic rings. The topological polar surface area (TPSA) is 20.2 Å². The molecule has 0 atom stereocenters. The van der Waals surface area contributed by atoms with Crippen LogP contribution in [0.1, 0.15) is 26.7 Å². The fraction of sp³-hybridized carbons (Fsp3) is 0.467. The average Bonchev–Trinajstić information content (AvgIpc) is 2.97. The first kappa shape index (κ1) is 27.6. The van der Waals surface area contributed by atoms with Crippen LogP contribution in [-0.2, 0) is 26.2 Å². The van der Waals surface area contributed by atoms with Crippen molar-refractivity contribution < 1.29 is 43.7 Å². The molecule has 0 spiro atoms. The van der Waals surface area contributed by atoms with E-state index in [2.05, 4.69) is 51.2 Å². The summed E-state index contributed by atoms with van der Waals surface area (Å²) in [6.45, 7) is 8.58. The van der Waals surface area contributed by atoms with Crippen LogP contribution >= 0.6 is 0 Å². The maximum absolute atomic E-state index is 7.00. The number of aliphatic hydroxyl groups is 1. The summed E-state index contributed by atoms with van der Waals surface area (Å²) in [7, 11) is 1.75. The van der Waals surface area contributed by atoms with E-state index < -0.39 is 0 Å². The van der Waals surface area contributed by atoms with Crippen LogP contribution in [0.5, 0.6) is 0 Å². The molecule has 0 aromatic heterocycles. The molecule has 4 heteroatoms. The van der Waals surface area contributed by atoms with Crippen LogP contribution in [-0.4, -0.2) is 21.7 Å². The third-order valence-corrected chi connectivity index (χ3v) is 1.74. The largest absolute Gasteiger partial charge is 3.00 e. The average molecular weight is 376 g/mol. The number of halogens is 1. The monoisotopic (exact) mass is 374 g/mol. The molecule has 0 bridgehead atoms. The summed E-state index contributed by atoms with van der Waals surface area (Å²) < 4.78 is 0. The Balaban J connectivity index is -0.0000000830. The summed E-state index contributed by atoms with van der Waals surface area (Å²) in [5.74, 6) is 0. The van der Waals surface area contributed by atoms with E-state index in [-0.39, 0.29) is 38.6 Å². The van der Waals surface area contributed by atoms with Gasteiger partial charge in [0, 0.05) is 16.6 Å². The fourth-order valence-corrected chi connectivity index (χ4v) is 0.998. The first-order chi connectivity index (χ1) is 8.20. The van der Waals surface area contributed by atoms with E-state index in [1.165, 1.54) is 11.1 Å². The third-order valence-electron chi connectivity index (χ3n) is 1.74. The van der Waals surface area contributed by atoms with Crippen molar-refractivity contribution >= 4 is 9.52 Å². The summed E-state index contributed by atoms with van der Waals surface area (Å²) in [4.78, 5) is 0. The molecule has 0 aliphatic heterocycles. The molecule has 2 aliphatic rings. The molecule has 0 aromatic carbocycles. The zero-order valence-corrected chi connectivity index (χ0v) is 17.0.